The van der Waals surface area contributed by atoms with Crippen LogP contribution in [0.3, 0.4) is 0 Å². The molecule has 27 heavy (non-hydrogen) atoms. The first-order valence-corrected chi connectivity index (χ1v) is 9.46. The molecule has 0 fully saturated rings. The van der Waals surface area contributed by atoms with Crippen molar-refractivity contribution in [1.82, 2.24) is 19.7 Å². The van der Waals surface area contributed by atoms with Crippen LogP contribution in [0.25, 0.3) is 11.0 Å². The van der Waals surface area contributed by atoms with Gasteiger partial charge in [0, 0.05) is 29.9 Å². The van der Waals surface area contributed by atoms with Crippen molar-refractivity contribution in [3.63, 3.8) is 0 Å². The van der Waals surface area contributed by atoms with Crippen LogP contribution in [-0.4, -0.2) is 31.6 Å². The fourth-order valence-corrected chi connectivity index (χ4v) is 4.00. The number of nitrogens with one attached hydrogen (secondary N) is 1. The molecule has 0 aliphatic heterocycles. The molecule has 142 valence electrons. The van der Waals surface area contributed by atoms with Crippen LogP contribution in [0.5, 0.6) is 0 Å². The van der Waals surface area contributed by atoms with Crippen LogP contribution in [0.15, 0.2) is 5.38 Å². The van der Waals surface area contributed by atoms with E-state index in [0.29, 0.717) is 23.7 Å². The molecule has 2 amide bonds. The lowest BCUT2D eigenvalue weighted by atomic mass is 9.99. The number of carbonyl (C=O) groups is 2. The van der Waals surface area contributed by atoms with Gasteiger partial charge < -0.3 is 11.1 Å². The number of aromatic nitrogens is 4. The number of hydrogen-bond donors (Lipinski definition) is 2. The van der Waals surface area contributed by atoms with Crippen LogP contribution >= 0.6 is 11.3 Å². The minimum absolute atomic E-state index is 0.0703. The second-order valence-electron chi connectivity index (χ2n) is 6.54. The van der Waals surface area contributed by atoms with Crippen LogP contribution < -0.4 is 11.1 Å². The number of pyridine rings is 1. The van der Waals surface area contributed by atoms with E-state index in [1.807, 2.05) is 20.9 Å². The Morgan fingerprint density at radius 2 is 1.96 bits per heavy atom. The third-order valence-corrected chi connectivity index (χ3v) is 5.29. The zero-order chi connectivity index (χ0) is 19.7. The Kier molecular flexibility index (Phi) is 5.22. The highest BCUT2D eigenvalue weighted by molar-refractivity contribution is 7.13. The van der Waals surface area contributed by atoms with Gasteiger partial charge in [0.15, 0.2) is 10.8 Å². The van der Waals surface area contributed by atoms with E-state index < -0.39 is 5.91 Å². The number of nitrogens with two attached hydrogens (primary N) is 1. The smallest absolute Gasteiger partial charge is 0.226 e. The molecular weight excluding hydrogens is 364 g/mol. The number of fused-ring (bicyclic) bond motifs is 1. The number of carbonyl (C=O) groups excluding carboxylic acids is 2. The summed E-state index contributed by atoms with van der Waals surface area (Å²) in [6, 6.07) is 0. The largest absolute Gasteiger partial charge is 0.369 e. The van der Waals surface area contributed by atoms with Crippen LogP contribution in [0.4, 0.5) is 5.13 Å². The molecule has 0 aliphatic carbocycles. The molecule has 0 aromatic carbocycles. The van der Waals surface area contributed by atoms with Gasteiger partial charge in [-0.25, -0.2) is 9.97 Å². The predicted octanol–water partition coefficient (Wildman–Crippen LogP) is 1.95. The molecule has 0 bridgehead atoms. The summed E-state index contributed by atoms with van der Waals surface area (Å²) in [6.07, 6.45) is 0.972. The summed E-state index contributed by atoms with van der Waals surface area (Å²) in [5.74, 6) is -0.575. The lowest BCUT2D eigenvalue weighted by Gasteiger charge is -2.11. The molecule has 0 aliphatic rings. The van der Waals surface area contributed by atoms with Crippen LogP contribution in [0.1, 0.15) is 34.6 Å². The molecule has 0 spiro atoms. The second kappa shape index (κ2) is 7.43. The molecule has 3 N–H and O–H groups in total. The number of rotatable bonds is 6. The molecular formula is C18H22N6O2S. The van der Waals surface area contributed by atoms with Crippen molar-refractivity contribution in [2.75, 3.05) is 5.32 Å². The fraction of sp³-hybridized carbons (Fsp3) is 0.389. The molecule has 0 unspecified atom stereocenters. The molecule has 8 nitrogen and oxygen atoms in total. The van der Waals surface area contributed by atoms with Gasteiger partial charge in [0.05, 0.1) is 17.8 Å². The highest BCUT2D eigenvalue weighted by Gasteiger charge is 2.16. The summed E-state index contributed by atoms with van der Waals surface area (Å²) in [7, 11) is 1.88. The summed E-state index contributed by atoms with van der Waals surface area (Å²) < 4.78 is 1.79. The highest BCUT2D eigenvalue weighted by atomic mass is 32.1. The Hall–Kier alpha value is -2.81. The van der Waals surface area contributed by atoms with Gasteiger partial charge in [-0.15, -0.1) is 11.3 Å². The minimum atomic E-state index is -0.447. The SMILES string of the molecule is Cc1nc2c(c(C)nn2C)c(C)c1CCC(=O)Nc1nc(CC(N)=O)cs1. The maximum atomic E-state index is 12.3. The van der Waals surface area contributed by atoms with Crippen LogP contribution in [-0.2, 0) is 29.5 Å². The van der Waals surface area contributed by atoms with Crippen LogP contribution in [0, 0.1) is 20.8 Å². The van der Waals surface area contributed by atoms with Gasteiger partial charge in [-0.1, -0.05) is 0 Å². The van der Waals surface area contributed by atoms with E-state index in [1.165, 1.54) is 11.3 Å². The number of primary amides is 1. The lowest BCUT2D eigenvalue weighted by Crippen LogP contribution is -2.15. The first-order valence-electron chi connectivity index (χ1n) is 8.58. The molecule has 3 heterocycles. The van der Waals surface area contributed by atoms with E-state index in [1.54, 1.807) is 10.1 Å². The molecule has 3 aromatic rings. The Bertz CT molecular complexity index is 1040. The van der Waals surface area contributed by atoms with Gasteiger partial charge in [-0.2, -0.15) is 5.10 Å². The van der Waals surface area contributed by atoms with Crippen molar-refractivity contribution in [2.24, 2.45) is 12.8 Å². The van der Waals surface area contributed by atoms with E-state index in [9.17, 15) is 9.59 Å². The monoisotopic (exact) mass is 386 g/mol. The Balaban J connectivity index is 1.71. The third kappa shape index (κ3) is 3.97. The molecule has 0 radical (unpaired) electrons. The summed E-state index contributed by atoms with van der Waals surface area (Å²) in [5, 5.41) is 10.5. The quantitative estimate of drug-likeness (QED) is 0.672. The van der Waals surface area contributed by atoms with Crippen molar-refractivity contribution in [3.05, 3.63) is 33.6 Å². The van der Waals surface area contributed by atoms with Gasteiger partial charge >= 0.3 is 0 Å². The number of aryl methyl sites for hydroxylation is 4. The number of nitrogens with zero attached hydrogens (tertiary/aromatic N) is 4. The zero-order valence-electron chi connectivity index (χ0n) is 15.8. The van der Waals surface area contributed by atoms with Gasteiger partial charge in [0.25, 0.3) is 0 Å². The van der Waals surface area contributed by atoms with Crippen LogP contribution in [0.2, 0.25) is 0 Å². The average Bonchev–Trinajstić information content (AvgIpc) is 3.10. The average molecular weight is 386 g/mol. The number of amides is 2. The second-order valence-corrected chi connectivity index (χ2v) is 7.40. The van der Waals surface area contributed by atoms with Crippen molar-refractivity contribution in [3.8, 4) is 0 Å². The third-order valence-electron chi connectivity index (χ3n) is 4.49. The van der Waals surface area contributed by atoms with Gasteiger partial charge in [-0.05, 0) is 38.3 Å². The van der Waals surface area contributed by atoms with Gasteiger partial charge in [0.2, 0.25) is 11.8 Å². The van der Waals surface area contributed by atoms with E-state index in [2.05, 4.69) is 27.3 Å². The van der Waals surface area contributed by atoms with E-state index in [4.69, 9.17) is 5.73 Å². The number of thiazole rings is 1. The molecule has 0 saturated carbocycles. The topological polar surface area (TPSA) is 116 Å². The lowest BCUT2D eigenvalue weighted by molar-refractivity contribution is -0.117. The van der Waals surface area contributed by atoms with Crippen molar-refractivity contribution >= 4 is 39.3 Å². The Labute approximate surface area is 160 Å². The Morgan fingerprint density at radius 3 is 2.67 bits per heavy atom. The zero-order valence-corrected chi connectivity index (χ0v) is 16.6. The summed E-state index contributed by atoms with van der Waals surface area (Å²) in [4.78, 5) is 32.1. The summed E-state index contributed by atoms with van der Waals surface area (Å²) >= 11 is 1.28. The highest BCUT2D eigenvalue weighted by Crippen LogP contribution is 2.26. The Morgan fingerprint density at radius 1 is 1.22 bits per heavy atom. The van der Waals surface area contributed by atoms with Gasteiger partial charge in [-0.3, -0.25) is 14.3 Å². The van der Waals surface area contributed by atoms with E-state index in [0.717, 1.165) is 33.5 Å². The number of hydrogen-bond acceptors (Lipinski definition) is 6. The molecule has 3 aromatic heterocycles. The first kappa shape index (κ1) is 19.0. The normalized spacial score (nSPS) is 11.1. The summed E-state index contributed by atoms with van der Waals surface area (Å²) in [6.45, 7) is 5.98. The van der Waals surface area contributed by atoms with Gasteiger partial charge in [0.1, 0.15) is 0 Å². The van der Waals surface area contributed by atoms with Crippen molar-refractivity contribution < 1.29 is 9.59 Å². The maximum Gasteiger partial charge on any atom is 0.226 e. The van der Waals surface area contributed by atoms with Crippen molar-refractivity contribution in [1.29, 1.82) is 0 Å². The van der Waals surface area contributed by atoms with E-state index >= 15 is 0 Å². The standard InChI is InChI=1S/C18H22N6O2S/c1-9-13(10(2)20-17-16(9)11(3)23-24(17)4)5-6-15(26)22-18-21-12(8-27-18)7-14(19)25/h8H,5-7H2,1-4H3,(H2,19,25)(H,21,22,26). The minimum Gasteiger partial charge on any atom is -0.369 e. The molecule has 0 saturated heterocycles. The molecule has 9 heteroatoms. The maximum absolute atomic E-state index is 12.3. The summed E-state index contributed by atoms with van der Waals surface area (Å²) in [5.41, 5.74) is 10.6. The van der Waals surface area contributed by atoms with E-state index in [-0.39, 0.29) is 12.3 Å². The fourth-order valence-electron chi connectivity index (χ4n) is 3.27. The van der Waals surface area contributed by atoms with Crippen molar-refractivity contribution in [2.45, 2.75) is 40.0 Å². The first-order chi connectivity index (χ1) is 12.8. The molecule has 3 rings (SSSR count). The molecule has 0 atom stereocenters. The predicted molar refractivity (Wildman–Crippen MR) is 105 cm³/mol. The number of anilines is 1.